The standard InChI is InChI=1S/C13H9Br2NO2/c14-9-3-7-8(13(17)18)4-11(6-1-2-6)16-12(7)5-10(9)15/h3-6H,1-2H2,(H,17,18). The monoisotopic (exact) mass is 369 g/mol. The molecule has 0 spiro atoms. The second-order valence-electron chi connectivity index (χ2n) is 4.46. The average Bonchev–Trinajstić information content (AvgIpc) is 3.13. The van der Waals surface area contributed by atoms with E-state index in [9.17, 15) is 9.90 Å². The Hall–Kier alpha value is -0.940. The zero-order chi connectivity index (χ0) is 12.9. The number of hydrogen-bond donors (Lipinski definition) is 1. The Bertz CT molecular complexity index is 666. The molecule has 0 bridgehead atoms. The van der Waals surface area contributed by atoms with Gasteiger partial charge in [-0.2, -0.15) is 0 Å². The van der Waals surface area contributed by atoms with Gasteiger partial charge in [0.2, 0.25) is 0 Å². The van der Waals surface area contributed by atoms with Gasteiger partial charge in [-0.3, -0.25) is 4.98 Å². The summed E-state index contributed by atoms with van der Waals surface area (Å²) in [5.41, 5.74) is 1.95. The molecule has 1 aromatic heterocycles. The predicted molar refractivity (Wildman–Crippen MR) is 76.1 cm³/mol. The summed E-state index contributed by atoms with van der Waals surface area (Å²) < 4.78 is 1.71. The molecule has 0 atom stereocenters. The van der Waals surface area contributed by atoms with Crippen molar-refractivity contribution in [2.75, 3.05) is 0 Å². The number of carbonyl (C=O) groups is 1. The Morgan fingerprint density at radius 3 is 2.50 bits per heavy atom. The quantitative estimate of drug-likeness (QED) is 0.855. The molecule has 0 saturated heterocycles. The molecule has 1 N–H and O–H groups in total. The summed E-state index contributed by atoms with van der Waals surface area (Å²) in [7, 11) is 0. The average molecular weight is 371 g/mol. The van der Waals surface area contributed by atoms with Crippen LogP contribution in [-0.2, 0) is 0 Å². The Kier molecular flexibility index (Phi) is 2.90. The van der Waals surface area contributed by atoms with Gasteiger partial charge >= 0.3 is 5.97 Å². The molecule has 0 unspecified atom stereocenters. The highest BCUT2D eigenvalue weighted by Gasteiger charge is 2.27. The van der Waals surface area contributed by atoms with Crippen molar-refractivity contribution in [2.45, 2.75) is 18.8 Å². The fourth-order valence-corrected chi connectivity index (χ4v) is 2.68. The van der Waals surface area contributed by atoms with E-state index in [0.29, 0.717) is 16.9 Å². The maximum Gasteiger partial charge on any atom is 0.336 e. The summed E-state index contributed by atoms with van der Waals surface area (Å²) in [5.74, 6) is -0.464. The molecule has 1 aromatic carbocycles. The smallest absolute Gasteiger partial charge is 0.336 e. The van der Waals surface area contributed by atoms with E-state index in [1.165, 1.54) is 0 Å². The van der Waals surface area contributed by atoms with Crippen LogP contribution in [0.1, 0.15) is 34.8 Å². The number of pyridine rings is 1. The molecule has 3 rings (SSSR count). The van der Waals surface area contributed by atoms with Gasteiger partial charge in [0.25, 0.3) is 0 Å². The number of halogens is 2. The van der Waals surface area contributed by atoms with E-state index in [-0.39, 0.29) is 0 Å². The van der Waals surface area contributed by atoms with Gasteiger partial charge < -0.3 is 5.11 Å². The number of hydrogen-bond acceptors (Lipinski definition) is 2. The van der Waals surface area contributed by atoms with Crippen LogP contribution in [0.25, 0.3) is 10.9 Å². The first-order valence-corrected chi connectivity index (χ1v) is 7.18. The molecule has 1 aliphatic carbocycles. The lowest BCUT2D eigenvalue weighted by Gasteiger charge is -2.07. The van der Waals surface area contributed by atoms with Gasteiger partial charge in [-0.15, -0.1) is 0 Å². The molecule has 1 heterocycles. The molecule has 18 heavy (non-hydrogen) atoms. The van der Waals surface area contributed by atoms with Crippen molar-refractivity contribution in [2.24, 2.45) is 0 Å². The number of carboxylic acids is 1. The van der Waals surface area contributed by atoms with Crippen molar-refractivity contribution in [1.82, 2.24) is 4.98 Å². The number of aromatic carboxylic acids is 1. The Morgan fingerprint density at radius 1 is 1.22 bits per heavy atom. The Balaban J connectivity index is 2.33. The largest absolute Gasteiger partial charge is 0.478 e. The third-order valence-electron chi connectivity index (χ3n) is 3.10. The van der Waals surface area contributed by atoms with Gasteiger partial charge in [0.1, 0.15) is 0 Å². The molecule has 92 valence electrons. The predicted octanol–water partition coefficient (Wildman–Crippen LogP) is 4.34. The first-order chi connectivity index (χ1) is 8.56. The van der Waals surface area contributed by atoms with Gasteiger partial charge in [-0.25, -0.2) is 4.79 Å². The molecule has 3 nitrogen and oxygen atoms in total. The van der Waals surface area contributed by atoms with Crippen LogP contribution in [0, 0.1) is 0 Å². The first-order valence-electron chi connectivity index (χ1n) is 5.59. The van der Waals surface area contributed by atoms with Gasteiger partial charge in [0.05, 0.1) is 11.1 Å². The van der Waals surface area contributed by atoms with E-state index in [1.54, 1.807) is 12.1 Å². The summed E-state index contributed by atoms with van der Waals surface area (Å²) in [6.45, 7) is 0. The molecule has 0 amide bonds. The minimum absolute atomic E-state index is 0.329. The van der Waals surface area contributed by atoms with Crippen molar-refractivity contribution < 1.29 is 9.90 Å². The zero-order valence-electron chi connectivity index (χ0n) is 9.28. The molecule has 0 radical (unpaired) electrons. The van der Waals surface area contributed by atoms with Crippen LogP contribution >= 0.6 is 31.9 Å². The second kappa shape index (κ2) is 4.31. The summed E-state index contributed by atoms with van der Waals surface area (Å²) in [5, 5.41) is 9.98. The van der Waals surface area contributed by atoms with Crippen LogP contribution in [0.4, 0.5) is 0 Å². The van der Waals surface area contributed by atoms with Crippen molar-refractivity contribution in [3.05, 3.63) is 38.4 Å². The van der Waals surface area contributed by atoms with E-state index in [2.05, 4.69) is 36.8 Å². The minimum atomic E-state index is -0.904. The number of fused-ring (bicyclic) bond motifs is 1. The van der Waals surface area contributed by atoms with Crippen molar-refractivity contribution in [1.29, 1.82) is 0 Å². The highest BCUT2D eigenvalue weighted by molar-refractivity contribution is 9.13. The van der Waals surface area contributed by atoms with Gasteiger partial charge in [0, 0.05) is 25.9 Å². The highest BCUT2D eigenvalue weighted by Crippen LogP contribution is 2.41. The fraction of sp³-hybridized carbons (Fsp3) is 0.231. The van der Waals surface area contributed by atoms with Crippen molar-refractivity contribution in [3.8, 4) is 0 Å². The second-order valence-corrected chi connectivity index (χ2v) is 6.17. The lowest BCUT2D eigenvalue weighted by Crippen LogP contribution is -2.01. The molecule has 1 aliphatic rings. The van der Waals surface area contributed by atoms with Gasteiger partial charge in [-0.05, 0) is 62.9 Å². The molecular formula is C13H9Br2NO2. The summed E-state index contributed by atoms with van der Waals surface area (Å²) in [4.78, 5) is 15.9. The van der Waals surface area contributed by atoms with Crippen molar-refractivity contribution >= 4 is 48.7 Å². The van der Waals surface area contributed by atoms with E-state index < -0.39 is 5.97 Å². The molecule has 0 aliphatic heterocycles. The number of carboxylic acid groups (broad SMARTS) is 1. The minimum Gasteiger partial charge on any atom is -0.478 e. The Morgan fingerprint density at radius 2 is 1.89 bits per heavy atom. The highest BCUT2D eigenvalue weighted by atomic mass is 79.9. The van der Waals surface area contributed by atoms with Crippen LogP contribution in [0.5, 0.6) is 0 Å². The molecule has 5 heteroatoms. The normalized spacial score (nSPS) is 15.0. The number of benzene rings is 1. The van der Waals surface area contributed by atoms with Crippen molar-refractivity contribution in [3.63, 3.8) is 0 Å². The third kappa shape index (κ3) is 2.06. The van der Waals surface area contributed by atoms with Crippen LogP contribution in [0.2, 0.25) is 0 Å². The van der Waals surface area contributed by atoms with Crippen LogP contribution < -0.4 is 0 Å². The first kappa shape index (κ1) is 12.1. The van der Waals surface area contributed by atoms with Crippen LogP contribution in [-0.4, -0.2) is 16.1 Å². The van der Waals surface area contributed by atoms with E-state index in [0.717, 1.165) is 33.0 Å². The summed E-state index contributed by atoms with van der Waals surface area (Å²) >= 11 is 6.81. The number of rotatable bonds is 2. The summed E-state index contributed by atoms with van der Waals surface area (Å²) in [6, 6.07) is 5.37. The van der Waals surface area contributed by atoms with Crippen LogP contribution in [0.15, 0.2) is 27.1 Å². The number of nitrogens with zero attached hydrogens (tertiary/aromatic N) is 1. The zero-order valence-corrected chi connectivity index (χ0v) is 12.5. The fourth-order valence-electron chi connectivity index (χ4n) is 2.01. The molecule has 2 aromatic rings. The lowest BCUT2D eigenvalue weighted by molar-refractivity contribution is 0.0699. The van der Waals surface area contributed by atoms with Crippen LogP contribution in [0.3, 0.4) is 0 Å². The number of aromatic nitrogens is 1. The SMILES string of the molecule is O=C(O)c1cc(C2CC2)nc2cc(Br)c(Br)cc12. The van der Waals surface area contributed by atoms with Gasteiger partial charge in [0.15, 0.2) is 0 Å². The molecule has 1 saturated carbocycles. The maximum atomic E-state index is 11.4. The Labute approximate surface area is 120 Å². The molecular weight excluding hydrogens is 362 g/mol. The van der Waals surface area contributed by atoms with Gasteiger partial charge in [-0.1, -0.05) is 0 Å². The van der Waals surface area contributed by atoms with E-state index in [1.807, 2.05) is 6.07 Å². The lowest BCUT2D eigenvalue weighted by atomic mass is 10.1. The third-order valence-corrected chi connectivity index (χ3v) is 4.94. The van der Waals surface area contributed by atoms with E-state index in [4.69, 9.17) is 0 Å². The maximum absolute atomic E-state index is 11.4. The summed E-state index contributed by atoms with van der Waals surface area (Å²) in [6.07, 6.45) is 2.21. The topological polar surface area (TPSA) is 50.2 Å². The van der Waals surface area contributed by atoms with E-state index >= 15 is 0 Å². The molecule has 1 fully saturated rings.